The standard InChI is InChI=1S/C14H16N2O2S/c15-19(17,18)14-8-6-13(7-9-14)11-16-10-12-4-2-1-3-5-12/h1-9,16H,10-11H2,(H2,15,17,18). The fourth-order valence-electron chi connectivity index (χ4n) is 1.74. The molecule has 0 heterocycles. The molecule has 5 heteroatoms. The lowest BCUT2D eigenvalue weighted by atomic mass is 10.2. The van der Waals surface area contributed by atoms with Gasteiger partial charge >= 0.3 is 0 Å². The van der Waals surface area contributed by atoms with Gasteiger partial charge < -0.3 is 5.32 Å². The highest BCUT2D eigenvalue weighted by Gasteiger charge is 2.06. The second-order valence-corrected chi connectivity index (χ2v) is 5.84. The lowest BCUT2D eigenvalue weighted by Gasteiger charge is -2.06. The zero-order valence-corrected chi connectivity index (χ0v) is 11.2. The third-order valence-electron chi connectivity index (χ3n) is 2.75. The zero-order chi connectivity index (χ0) is 13.7. The van der Waals surface area contributed by atoms with Gasteiger partial charge in [-0.25, -0.2) is 13.6 Å². The molecule has 0 amide bonds. The van der Waals surface area contributed by atoms with Gasteiger partial charge in [0.25, 0.3) is 0 Å². The number of hydrogen-bond acceptors (Lipinski definition) is 3. The second kappa shape index (κ2) is 5.97. The smallest absolute Gasteiger partial charge is 0.238 e. The molecule has 2 aromatic rings. The molecule has 4 nitrogen and oxygen atoms in total. The van der Waals surface area contributed by atoms with Crippen molar-refractivity contribution >= 4 is 10.0 Å². The predicted octanol–water partition coefficient (Wildman–Crippen LogP) is 1.62. The molecule has 0 bridgehead atoms. The molecule has 100 valence electrons. The molecule has 19 heavy (non-hydrogen) atoms. The van der Waals surface area contributed by atoms with Crippen molar-refractivity contribution < 1.29 is 8.42 Å². The van der Waals surface area contributed by atoms with E-state index in [1.54, 1.807) is 12.1 Å². The van der Waals surface area contributed by atoms with E-state index in [1.807, 2.05) is 18.2 Å². The van der Waals surface area contributed by atoms with E-state index >= 15 is 0 Å². The summed E-state index contributed by atoms with van der Waals surface area (Å²) in [5, 5.41) is 8.34. The molecule has 0 aliphatic rings. The van der Waals surface area contributed by atoms with E-state index in [-0.39, 0.29) is 4.90 Å². The molecular weight excluding hydrogens is 260 g/mol. The van der Waals surface area contributed by atoms with Crippen LogP contribution in [0.2, 0.25) is 0 Å². The van der Waals surface area contributed by atoms with Crippen molar-refractivity contribution in [1.82, 2.24) is 5.32 Å². The van der Waals surface area contributed by atoms with Gasteiger partial charge in [0.2, 0.25) is 10.0 Å². The van der Waals surface area contributed by atoms with Crippen LogP contribution < -0.4 is 10.5 Å². The highest BCUT2D eigenvalue weighted by Crippen LogP contribution is 2.08. The van der Waals surface area contributed by atoms with Crippen LogP contribution in [0.3, 0.4) is 0 Å². The van der Waals surface area contributed by atoms with Crippen LogP contribution >= 0.6 is 0 Å². The SMILES string of the molecule is NS(=O)(=O)c1ccc(CNCc2ccccc2)cc1. The summed E-state index contributed by atoms with van der Waals surface area (Å²) in [5.41, 5.74) is 2.23. The van der Waals surface area contributed by atoms with Gasteiger partial charge in [0, 0.05) is 13.1 Å². The van der Waals surface area contributed by atoms with Gasteiger partial charge in [-0.3, -0.25) is 0 Å². The van der Waals surface area contributed by atoms with Crippen molar-refractivity contribution in [2.75, 3.05) is 0 Å². The van der Waals surface area contributed by atoms with Crippen LogP contribution in [0.15, 0.2) is 59.5 Å². The molecule has 3 N–H and O–H groups in total. The molecule has 0 aliphatic heterocycles. The average molecular weight is 276 g/mol. The molecule has 0 aromatic heterocycles. The first kappa shape index (κ1) is 13.7. The predicted molar refractivity (Wildman–Crippen MR) is 74.8 cm³/mol. The Balaban J connectivity index is 1.90. The second-order valence-electron chi connectivity index (χ2n) is 4.28. The van der Waals surface area contributed by atoms with Gasteiger partial charge in [0.05, 0.1) is 4.90 Å². The largest absolute Gasteiger partial charge is 0.309 e. The fourth-order valence-corrected chi connectivity index (χ4v) is 2.26. The quantitative estimate of drug-likeness (QED) is 0.871. The summed E-state index contributed by atoms with van der Waals surface area (Å²) in [6.45, 7) is 1.46. The Bertz CT molecular complexity index is 622. The first-order valence-electron chi connectivity index (χ1n) is 5.92. The van der Waals surface area contributed by atoms with Crippen LogP contribution in [0.4, 0.5) is 0 Å². The van der Waals surface area contributed by atoms with Crippen molar-refractivity contribution in [3.8, 4) is 0 Å². The normalized spacial score (nSPS) is 11.4. The van der Waals surface area contributed by atoms with E-state index < -0.39 is 10.0 Å². The number of nitrogens with one attached hydrogen (secondary N) is 1. The van der Waals surface area contributed by atoms with Gasteiger partial charge in [0.1, 0.15) is 0 Å². The Labute approximate surface area is 113 Å². The number of rotatable bonds is 5. The van der Waals surface area contributed by atoms with E-state index in [4.69, 9.17) is 5.14 Å². The van der Waals surface area contributed by atoms with Crippen molar-refractivity contribution in [3.05, 3.63) is 65.7 Å². The Morgan fingerprint density at radius 1 is 0.842 bits per heavy atom. The Morgan fingerprint density at radius 2 is 1.37 bits per heavy atom. The van der Waals surface area contributed by atoms with Gasteiger partial charge in [0.15, 0.2) is 0 Å². The van der Waals surface area contributed by atoms with E-state index in [0.29, 0.717) is 6.54 Å². The number of benzene rings is 2. The summed E-state index contributed by atoms with van der Waals surface area (Å²) >= 11 is 0. The average Bonchev–Trinajstić information content (AvgIpc) is 2.39. The molecule has 0 unspecified atom stereocenters. The minimum atomic E-state index is -3.60. The molecule has 0 aliphatic carbocycles. The highest BCUT2D eigenvalue weighted by atomic mass is 32.2. The summed E-state index contributed by atoms with van der Waals surface area (Å²) in [6.07, 6.45) is 0. The maximum Gasteiger partial charge on any atom is 0.238 e. The third-order valence-corrected chi connectivity index (χ3v) is 3.68. The van der Waals surface area contributed by atoms with Crippen molar-refractivity contribution in [3.63, 3.8) is 0 Å². The molecular formula is C14H16N2O2S. The van der Waals surface area contributed by atoms with Crippen molar-refractivity contribution in [2.45, 2.75) is 18.0 Å². The molecule has 0 radical (unpaired) electrons. The lowest BCUT2D eigenvalue weighted by Crippen LogP contribution is -2.14. The third kappa shape index (κ3) is 4.17. The number of primary sulfonamides is 1. The van der Waals surface area contributed by atoms with Crippen LogP contribution in [0.25, 0.3) is 0 Å². The summed E-state index contributed by atoms with van der Waals surface area (Å²) in [4.78, 5) is 0.138. The summed E-state index contributed by atoms with van der Waals surface area (Å²) in [5.74, 6) is 0. The maximum atomic E-state index is 11.1. The molecule has 0 fully saturated rings. The van der Waals surface area contributed by atoms with Crippen molar-refractivity contribution in [1.29, 1.82) is 0 Å². The molecule has 0 atom stereocenters. The van der Waals surface area contributed by atoms with Gasteiger partial charge in [-0.15, -0.1) is 0 Å². The van der Waals surface area contributed by atoms with Crippen LogP contribution in [0, 0.1) is 0 Å². The van der Waals surface area contributed by atoms with Crippen LogP contribution in [0.1, 0.15) is 11.1 Å². The first-order chi connectivity index (χ1) is 9.05. The van der Waals surface area contributed by atoms with E-state index in [1.165, 1.54) is 17.7 Å². The lowest BCUT2D eigenvalue weighted by molar-refractivity contribution is 0.597. The molecule has 2 rings (SSSR count). The maximum absolute atomic E-state index is 11.1. The first-order valence-corrected chi connectivity index (χ1v) is 7.47. The minimum absolute atomic E-state index is 0.138. The fraction of sp³-hybridized carbons (Fsp3) is 0.143. The van der Waals surface area contributed by atoms with E-state index in [2.05, 4.69) is 17.4 Å². The molecule has 0 saturated heterocycles. The van der Waals surface area contributed by atoms with Gasteiger partial charge in [-0.05, 0) is 23.3 Å². The molecule has 0 spiro atoms. The minimum Gasteiger partial charge on any atom is -0.309 e. The van der Waals surface area contributed by atoms with E-state index in [0.717, 1.165) is 12.1 Å². The number of nitrogens with two attached hydrogens (primary N) is 1. The highest BCUT2D eigenvalue weighted by molar-refractivity contribution is 7.89. The zero-order valence-electron chi connectivity index (χ0n) is 10.4. The molecule has 0 saturated carbocycles. The topological polar surface area (TPSA) is 72.2 Å². The van der Waals surface area contributed by atoms with Crippen LogP contribution in [-0.4, -0.2) is 8.42 Å². The Morgan fingerprint density at radius 3 is 1.89 bits per heavy atom. The van der Waals surface area contributed by atoms with Crippen LogP contribution in [0.5, 0.6) is 0 Å². The Kier molecular flexibility index (Phi) is 4.31. The van der Waals surface area contributed by atoms with Crippen molar-refractivity contribution in [2.24, 2.45) is 5.14 Å². The number of sulfonamides is 1. The van der Waals surface area contributed by atoms with Crippen LogP contribution in [-0.2, 0) is 23.1 Å². The Hall–Kier alpha value is -1.69. The monoisotopic (exact) mass is 276 g/mol. The molecule has 2 aromatic carbocycles. The van der Waals surface area contributed by atoms with E-state index in [9.17, 15) is 8.42 Å². The number of hydrogen-bond donors (Lipinski definition) is 2. The summed E-state index contributed by atoms with van der Waals surface area (Å²) < 4.78 is 22.2. The van der Waals surface area contributed by atoms with Gasteiger partial charge in [-0.2, -0.15) is 0 Å². The van der Waals surface area contributed by atoms with Gasteiger partial charge in [-0.1, -0.05) is 42.5 Å². The summed E-state index contributed by atoms with van der Waals surface area (Å²) in [7, 11) is -3.60. The summed E-state index contributed by atoms with van der Waals surface area (Å²) in [6, 6.07) is 16.7.